The molecule has 1 aliphatic carbocycles. The van der Waals surface area contributed by atoms with Gasteiger partial charge in [-0.15, -0.1) is 0 Å². The summed E-state index contributed by atoms with van der Waals surface area (Å²) in [6.45, 7) is 9.17. The highest BCUT2D eigenvalue weighted by Gasteiger charge is 2.32. The second-order valence-corrected chi connectivity index (χ2v) is 6.16. The van der Waals surface area contributed by atoms with E-state index in [2.05, 4.69) is 18.7 Å². The van der Waals surface area contributed by atoms with Crippen LogP contribution in [0.4, 0.5) is 0 Å². The molecule has 0 heterocycles. The molecule has 1 amide bonds. The molecule has 1 saturated carbocycles. The lowest BCUT2D eigenvalue weighted by Gasteiger charge is -2.26. The van der Waals surface area contributed by atoms with Gasteiger partial charge in [0.2, 0.25) is 5.91 Å². The first-order valence-electron chi connectivity index (χ1n) is 6.38. The number of amides is 1. The first kappa shape index (κ1) is 13.5. The molecule has 0 aromatic rings. The molecule has 1 aliphatic rings. The van der Waals surface area contributed by atoms with E-state index >= 15 is 0 Å². The highest BCUT2D eigenvalue weighted by Crippen LogP contribution is 2.28. The fourth-order valence-corrected chi connectivity index (χ4v) is 1.81. The van der Waals surface area contributed by atoms with Crippen LogP contribution in [0.5, 0.6) is 0 Å². The van der Waals surface area contributed by atoms with E-state index < -0.39 is 0 Å². The van der Waals surface area contributed by atoms with E-state index in [1.165, 1.54) is 12.8 Å². The van der Waals surface area contributed by atoms with Crippen molar-refractivity contribution in [1.29, 1.82) is 0 Å². The average Bonchev–Trinajstić information content (AvgIpc) is 2.92. The summed E-state index contributed by atoms with van der Waals surface area (Å²) in [5.74, 6) is 0.838. The van der Waals surface area contributed by atoms with E-state index in [0.29, 0.717) is 18.4 Å². The Balaban J connectivity index is 2.41. The monoisotopic (exact) mass is 226 g/mol. The van der Waals surface area contributed by atoms with Gasteiger partial charge in [0.25, 0.3) is 0 Å². The molecule has 3 nitrogen and oxygen atoms in total. The third-order valence-electron chi connectivity index (χ3n) is 2.85. The molecule has 1 rings (SSSR count). The molecule has 1 fully saturated rings. The van der Waals surface area contributed by atoms with Crippen LogP contribution < -0.4 is 5.73 Å². The molecule has 0 aromatic heterocycles. The minimum absolute atomic E-state index is 0.233. The summed E-state index contributed by atoms with van der Waals surface area (Å²) in [4.78, 5) is 14.1. The van der Waals surface area contributed by atoms with E-state index in [4.69, 9.17) is 5.73 Å². The highest BCUT2D eigenvalue weighted by molar-refractivity contribution is 5.77. The lowest BCUT2D eigenvalue weighted by Crippen LogP contribution is -2.39. The lowest BCUT2D eigenvalue weighted by atomic mass is 9.99. The van der Waals surface area contributed by atoms with Gasteiger partial charge >= 0.3 is 0 Å². The molecule has 0 bridgehead atoms. The van der Waals surface area contributed by atoms with Gasteiger partial charge in [0, 0.05) is 24.5 Å². The molecule has 0 aromatic carbocycles. The maximum atomic E-state index is 12.1. The number of nitrogens with two attached hydrogens (primary N) is 1. The minimum Gasteiger partial charge on any atom is -0.339 e. The van der Waals surface area contributed by atoms with Crippen LogP contribution in [0.15, 0.2) is 0 Å². The van der Waals surface area contributed by atoms with Gasteiger partial charge in [-0.1, -0.05) is 13.8 Å². The van der Waals surface area contributed by atoms with E-state index in [9.17, 15) is 4.79 Å². The van der Waals surface area contributed by atoms with Crippen LogP contribution in [0.3, 0.4) is 0 Å². The summed E-state index contributed by atoms with van der Waals surface area (Å²) in [5.41, 5.74) is 5.67. The van der Waals surface area contributed by atoms with E-state index in [1.807, 2.05) is 13.8 Å². The molecule has 94 valence electrons. The third kappa shape index (κ3) is 4.97. The normalized spacial score (nSPS) is 16.6. The van der Waals surface area contributed by atoms with Gasteiger partial charge in [-0.05, 0) is 39.0 Å². The Hall–Kier alpha value is -0.570. The lowest BCUT2D eigenvalue weighted by molar-refractivity contribution is -0.132. The van der Waals surface area contributed by atoms with Crippen LogP contribution in [-0.4, -0.2) is 28.9 Å². The quantitative estimate of drug-likeness (QED) is 0.754. The second kappa shape index (κ2) is 5.17. The van der Waals surface area contributed by atoms with E-state index in [0.717, 1.165) is 13.0 Å². The number of carbonyl (C=O) groups excluding carboxylic acids is 1. The van der Waals surface area contributed by atoms with Crippen molar-refractivity contribution >= 4 is 5.91 Å². The fraction of sp³-hybridized carbons (Fsp3) is 0.923. The Labute approximate surface area is 99.4 Å². The number of hydrogen-bond acceptors (Lipinski definition) is 2. The Kier molecular flexibility index (Phi) is 4.36. The van der Waals surface area contributed by atoms with Crippen molar-refractivity contribution in [3.8, 4) is 0 Å². The van der Waals surface area contributed by atoms with Crippen LogP contribution >= 0.6 is 0 Å². The number of carbonyl (C=O) groups is 1. The molecule has 0 atom stereocenters. The van der Waals surface area contributed by atoms with E-state index in [-0.39, 0.29) is 11.4 Å². The van der Waals surface area contributed by atoms with Gasteiger partial charge < -0.3 is 10.6 Å². The number of hydrogen-bond donors (Lipinski definition) is 1. The molecule has 3 heteroatoms. The summed E-state index contributed by atoms with van der Waals surface area (Å²) in [6, 6.07) is 0.524. The van der Waals surface area contributed by atoms with Crippen molar-refractivity contribution in [2.24, 2.45) is 11.7 Å². The number of nitrogens with zero attached hydrogens (tertiary/aromatic N) is 1. The first-order valence-corrected chi connectivity index (χ1v) is 6.38. The number of rotatable bonds is 6. The molecule has 0 saturated heterocycles. The predicted molar refractivity (Wildman–Crippen MR) is 67.1 cm³/mol. The third-order valence-corrected chi connectivity index (χ3v) is 2.85. The second-order valence-electron chi connectivity index (χ2n) is 6.16. The van der Waals surface area contributed by atoms with Gasteiger partial charge in [-0.3, -0.25) is 4.79 Å². The summed E-state index contributed by atoms with van der Waals surface area (Å²) >= 11 is 0. The maximum Gasteiger partial charge on any atom is 0.222 e. The van der Waals surface area contributed by atoms with Crippen molar-refractivity contribution in [1.82, 2.24) is 4.90 Å². The van der Waals surface area contributed by atoms with Crippen molar-refractivity contribution < 1.29 is 4.79 Å². The molecule has 0 aliphatic heterocycles. The molecular formula is C13H26N2O. The van der Waals surface area contributed by atoms with Gasteiger partial charge in [0.05, 0.1) is 0 Å². The van der Waals surface area contributed by atoms with Crippen molar-refractivity contribution in [2.75, 3.05) is 6.54 Å². The Morgan fingerprint density at radius 1 is 1.44 bits per heavy atom. The molecule has 0 radical (unpaired) electrons. The summed E-state index contributed by atoms with van der Waals surface area (Å²) in [5, 5.41) is 0. The van der Waals surface area contributed by atoms with Crippen molar-refractivity contribution in [3.63, 3.8) is 0 Å². The van der Waals surface area contributed by atoms with Gasteiger partial charge in [0.1, 0.15) is 0 Å². The molecular weight excluding hydrogens is 200 g/mol. The average molecular weight is 226 g/mol. The van der Waals surface area contributed by atoms with Crippen LogP contribution in [0, 0.1) is 5.92 Å². The largest absolute Gasteiger partial charge is 0.339 e. The molecule has 16 heavy (non-hydrogen) atoms. The van der Waals surface area contributed by atoms with Gasteiger partial charge in [-0.25, -0.2) is 0 Å². The predicted octanol–water partition coefficient (Wildman–Crippen LogP) is 2.15. The Morgan fingerprint density at radius 3 is 2.38 bits per heavy atom. The van der Waals surface area contributed by atoms with Gasteiger partial charge in [-0.2, -0.15) is 0 Å². The maximum absolute atomic E-state index is 12.1. The highest BCUT2D eigenvalue weighted by atomic mass is 16.2. The zero-order valence-corrected chi connectivity index (χ0v) is 11.1. The van der Waals surface area contributed by atoms with Crippen LogP contribution in [0.1, 0.15) is 53.4 Å². The van der Waals surface area contributed by atoms with E-state index in [1.54, 1.807) is 0 Å². The molecule has 0 unspecified atom stereocenters. The van der Waals surface area contributed by atoms with Crippen molar-refractivity contribution in [3.05, 3.63) is 0 Å². The zero-order valence-electron chi connectivity index (χ0n) is 11.1. The van der Waals surface area contributed by atoms with Crippen LogP contribution in [0.25, 0.3) is 0 Å². The topological polar surface area (TPSA) is 46.3 Å². The van der Waals surface area contributed by atoms with Crippen LogP contribution in [0.2, 0.25) is 0 Å². The SMILES string of the molecule is CC(C)CN(C(=O)CCC(C)(C)N)C1CC1. The smallest absolute Gasteiger partial charge is 0.222 e. The summed E-state index contributed by atoms with van der Waals surface area (Å²) in [6.07, 6.45) is 3.73. The first-order chi connectivity index (χ1) is 7.29. The Bertz CT molecular complexity index is 239. The zero-order chi connectivity index (χ0) is 12.3. The summed E-state index contributed by atoms with van der Waals surface area (Å²) < 4.78 is 0. The molecule has 0 spiro atoms. The fourth-order valence-electron chi connectivity index (χ4n) is 1.81. The molecule has 2 N–H and O–H groups in total. The standard InChI is InChI=1S/C13H26N2O/c1-10(2)9-15(11-5-6-11)12(16)7-8-13(3,4)14/h10-11H,5-9,14H2,1-4H3. The summed E-state index contributed by atoms with van der Waals surface area (Å²) in [7, 11) is 0. The van der Waals surface area contributed by atoms with Crippen molar-refractivity contribution in [2.45, 2.75) is 65.0 Å². The van der Waals surface area contributed by atoms with Gasteiger partial charge in [0.15, 0.2) is 0 Å². The minimum atomic E-state index is -0.233. The Morgan fingerprint density at radius 2 is 2.00 bits per heavy atom. The van der Waals surface area contributed by atoms with Crippen LogP contribution in [-0.2, 0) is 4.79 Å².